The summed E-state index contributed by atoms with van der Waals surface area (Å²) in [4.78, 5) is 20.0. The quantitative estimate of drug-likeness (QED) is 0.154. The molecular formula is C12H30N2O14. The molecule has 0 heterocycles. The molecule has 28 heavy (non-hydrogen) atoms. The number of hydrogen-bond donors (Lipinski definition) is 12. The van der Waals surface area contributed by atoms with Crippen LogP contribution in [-0.2, 0) is 9.59 Å². The number of carboxylic acids is 2. The van der Waals surface area contributed by atoms with Gasteiger partial charge in [-0.25, -0.2) is 0 Å². The van der Waals surface area contributed by atoms with Crippen molar-refractivity contribution in [3.8, 4) is 0 Å². The molecule has 0 saturated carbocycles. The van der Waals surface area contributed by atoms with E-state index in [0.717, 1.165) is 0 Å². The van der Waals surface area contributed by atoms with Gasteiger partial charge in [0, 0.05) is 0 Å². The Labute approximate surface area is 158 Å². The van der Waals surface area contributed by atoms with Gasteiger partial charge in [0.05, 0.1) is 25.2 Å². The zero-order chi connectivity index (χ0) is 21.2. The van der Waals surface area contributed by atoms with E-state index < -0.39 is 74.0 Å². The van der Waals surface area contributed by atoms with Gasteiger partial charge in [0.15, 0.2) is 0 Å². The molecule has 0 saturated heterocycles. The lowest BCUT2D eigenvalue weighted by atomic mass is 10.0. The molecule has 0 bridgehead atoms. The van der Waals surface area contributed by atoms with Crippen molar-refractivity contribution >= 4 is 11.9 Å². The van der Waals surface area contributed by atoms with E-state index in [0.29, 0.717) is 0 Å². The topological polar surface area (TPSA) is 356 Å². The number of carboxylic acid groups (broad SMARTS) is 2. The number of aliphatic hydroxyl groups excluding tert-OH is 10. The van der Waals surface area contributed by atoms with E-state index in [4.69, 9.17) is 51.1 Å². The van der Waals surface area contributed by atoms with Gasteiger partial charge in [-0.2, -0.15) is 0 Å². The van der Waals surface area contributed by atoms with Crippen molar-refractivity contribution in [2.45, 2.75) is 48.8 Å². The molecule has 18 N–H and O–H groups in total. The summed E-state index contributed by atoms with van der Waals surface area (Å²) < 4.78 is 0. The Morgan fingerprint density at radius 1 is 0.571 bits per heavy atom. The van der Waals surface area contributed by atoms with Crippen molar-refractivity contribution in [3.63, 3.8) is 0 Å². The van der Waals surface area contributed by atoms with Gasteiger partial charge in [0.2, 0.25) is 0 Å². The van der Waals surface area contributed by atoms with E-state index in [-0.39, 0.29) is 12.3 Å². The second kappa shape index (κ2) is 16.4. The van der Waals surface area contributed by atoms with Gasteiger partial charge in [0.1, 0.15) is 48.8 Å². The van der Waals surface area contributed by atoms with E-state index in [1.165, 1.54) is 0 Å². The monoisotopic (exact) mass is 426 g/mol. The Morgan fingerprint density at radius 3 is 0.929 bits per heavy atom. The Hall–Kier alpha value is -1.54. The number of aliphatic carboxylic acids is 2. The maximum atomic E-state index is 9.98. The SMILES string of the molecule is O=C([O-])[C@H](O)[C@@H](O)[C@@H](O)[C@H](O)CO.O=C([O-])[C@H](O)[C@@H](O)[C@@H](O)[C@H](O)CO.[NH4+].[NH4+]. The van der Waals surface area contributed by atoms with Crippen molar-refractivity contribution in [3.05, 3.63) is 0 Å². The van der Waals surface area contributed by atoms with Gasteiger partial charge in [-0.1, -0.05) is 0 Å². The van der Waals surface area contributed by atoms with Crippen molar-refractivity contribution in [2.24, 2.45) is 0 Å². The second-order valence-electron chi connectivity index (χ2n) is 4.99. The lowest BCUT2D eigenvalue weighted by Gasteiger charge is -2.25. The summed E-state index contributed by atoms with van der Waals surface area (Å²) in [5.41, 5.74) is 0. The Kier molecular flexibility index (Phi) is 19.9. The van der Waals surface area contributed by atoms with Crippen LogP contribution in [0.25, 0.3) is 0 Å². The minimum atomic E-state index is -2.31. The predicted molar refractivity (Wildman–Crippen MR) is 84.2 cm³/mol. The third-order valence-corrected chi connectivity index (χ3v) is 2.99. The van der Waals surface area contributed by atoms with Crippen LogP contribution in [0.5, 0.6) is 0 Å². The van der Waals surface area contributed by atoms with E-state index >= 15 is 0 Å². The molecule has 0 aromatic heterocycles. The molecule has 16 nitrogen and oxygen atoms in total. The van der Waals surface area contributed by atoms with E-state index in [9.17, 15) is 19.8 Å². The number of carbonyl (C=O) groups excluding carboxylic acids is 2. The first kappa shape index (κ1) is 34.0. The summed E-state index contributed by atoms with van der Waals surface area (Å²) in [7, 11) is 0. The maximum absolute atomic E-state index is 9.98. The molecule has 8 atom stereocenters. The highest BCUT2D eigenvalue weighted by Crippen LogP contribution is 2.05. The van der Waals surface area contributed by atoms with Crippen LogP contribution in [0.3, 0.4) is 0 Å². The molecular weight excluding hydrogens is 396 g/mol. The largest absolute Gasteiger partial charge is 0.547 e. The first-order valence-corrected chi connectivity index (χ1v) is 6.91. The van der Waals surface area contributed by atoms with Crippen LogP contribution in [-0.4, -0.2) is 125 Å². The summed E-state index contributed by atoms with van der Waals surface area (Å²) in [6.07, 6.45) is -16.2. The molecule has 0 rings (SSSR count). The second-order valence-corrected chi connectivity index (χ2v) is 4.99. The van der Waals surface area contributed by atoms with Gasteiger partial charge in [-0.3, -0.25) is 0 Å². The van der Waals surface area contributed by atoms with E-state index in [1.807, 2.05) is 0 Å². The Balaban J connectivity index is -0.000000192. The normalized spacial score (nSPS) is 18.9. The highest BCUT2D eigenvalue weighted by atomic mass is 16.4. The highest BCUT2D eigenvalue weighted by molar-refractivity contribution is 5.70. The van der Waals surface area contributed by atoms with E-state index in [1.54, 1.807) is 0 Å². The fraction of sp³-hybridized carbons (Fsp3) is 0.833. The third kappa shape index (κ3) is 11.3. The third-order valence-electron chi connectivity index (χ3n) is 2.99. The van der Waals surface area contributed by atoms with Crippen LogP contribution in [0.2, 0.25) is 0 Å². The molecule has 0 radical (unpaired) electrons. The summed E-state index contributed by atoms with van der Waals surface area (Å²) in [5.74, 6) is -3.95. The number of rotatable bonds is 10. The molecule has 0 unspecified atom stereocenters. The number of carbonyl (C=O) groups is 2. The molecule has 0 amide bonds. The lowest BCUT2D eigenvalue weighted by molar-refractivity contribution is -0.321. The van der Waals surface area contributed by atoms with Crippen LogP contribution in [0.1, 0.15) is 0 Å². The first-order chi connectivity index (χ1) is 11.8. The lowest BCUT2D eigenvalue weighted by Crippen LogP contribution is -2.52. The highest BCUT2D eigenvalue weighted by Gasteiger charge is 2.31. The average molecular weight is 426 g/mol. The Morgan fingerprint density at radius 2 is 0.786 bits per heavy atom. The zero-order valence-electron chi connectivity index (χ0n) is 15.1. The summed E-state index contributed by atoms with van der Waals surface area (Å²) in [6.45, 7) is -1.73. The molecule has 16 heteroatoms. The fourth-order valence-corrected chi connectivity index (χ4v) is 1.32. The average Bonchev–Trinajstić information content (AvgIpc) is 2.62. The molecule has 0 fully saturated rings. The van der Waals surface area contributed by atoms with Crippen LogP contribution < -0.4 is 22.5 Å². The minimum Gasteiger partial charge on any atom is -0.547 e. The van der Waals surface area contributed by atoms with Crippen molar-refractivity contribution < 1.29 is 70.9 Å². The maximum Gasteiger partial charge on any atom is 0.122 e. The van der Waals surface area contributed by atoms with Crippen molar-refractivity contribution in [1.82, 2.24) is 12.3 Å². The van der Waals surface area contributed by atoms with Crippen LogP contribution in [0, 0.1) is 0 Å². The smallest absolute Gasteiger partial charge is 0.122 e. The van der Waals surface area contributed by atoms with Crippen LogP contribution in [0.15, 0.2) is 0 Å². The van der Waals surface area contributed by atoms with Gasteiger partial charge in [-0.05, 0) is 0 Å². The summed E-state index contributed by atoms with van der Waals surface area (Å²) in [6, 6.07) is 0. The number of aliphatic hydroxyl groups is 10. The summed E-state index contributed by atoms with van der Waals surface area (Å²) in [5, 5.41) is 107. The van der Waals surface area contributed by atoms with Gasteiger partial charge in [-0.15, -0.1) is 0 Å². The summed E-state index contributed by atoms with van der Waals surface area (Å²) >= 11 is 0. The molecule has 0 aliphatic carbocycles. The molecule has 0 aromatic rings. The molecule has 0 aromatic carbocycles. The Bertz CT molecular complexity index is 389. The van der Waals surface area contributed by atoms with Crippen molar-refractivity contribution in [2.75, 3.05) is 13.2 Å². The van der Waals surface area contributed by atoms with Gasteiger partial charge < -0.3 is 83.2 Å². The number of quaternary nitrogens is 2. The predicted octanol–water partition coefficient (Wildman–Crippen LogP) is -8.90. The van der Waals surface area contributed by atoms with Crippen LogP contribution >= 0.6 is 0 Å². The molecule has 172 valence electrons. The van der Waals surface area contributed by atoms with Gasteiger partial charge >= 0.3 is 0 Å². The van der Waals surface area contributed by atoms with Crippen molar-refractivity contribution in [1.29, 1.82) is 0 Å². The first-order valence-electron chi connectivity index (χ1n) is 6.91. The molecule has 0 spiro atoms. The number of hydrogen-bond acceptors (Lipinski definition) is 14. The molecule has 0 aliphatic heterocycles. The minimum absolute atomic E-state index is 0. The standard InChI is InChI=1S/2C6H12O7.2H3N/c2*7-1-2(8)3(9)4(10)5(11)6(12)13;;/h2*2-5,7-11H,1H2,(H,12,13);2*1H3/t2*2-,3+,4+,5-;;/m11../s1. The van der Waals surface area contributed by atoms with Crippen LogP contribution in [0.4, 0.5) is 0 Å². The zero-order valence-corrected chi connectivity index (χ0v) is 15.1. The molecule has 0 aliphatic rings. The fourth-order valence-electron chi connectivity index (χ4n) is 1.32. The van der Waals surface area contributed by atoms with Gasteiger partial charge in [0.25, 0.3) is 0 Å². The van der Waals surface area contributed by atoms with E-state index in [2.05, 4.69) is 0 Å².